The third-order valence-corrected chi connectivity index (χ3v) is 5.49. The van der Waals surface area contributed by atoms with Crippen molar-refractivity contribution in [1.82, 2.24) is 4.57 Å². The van der Waals surface area contributed by atoms with Crippen molar-refractivity contribution in [2.75, 3.05) is 0 Å². The van der Waals surface area contributed by atoms with Crippen molar-refractivity contribution in [3.8, 4) is 0 Å². The molecular formula is C15H10ClN3O3S2. The van der Waals surface area contributed by atoms with Crippen LogP contribution in [0.2, 0.25) is 5.02 Å². The van der Waals surface area contributed by atoms with Gasteiger partial charge in [0.1, 0.15) is 0 Å². The van der Waals surface area contributed by atoms with Gasteiger partial charge in [-0.15, -0.1) is 0 Å². The van der Waals surface area contributed by atoms with Gasteiger partial charge in [-0.1, -0.05) is 34.3 Å². The number of nitrogens with zero attached hydrogens (tertiary/aromatic N) is 3. The van der Waals surface area contributed by atoms with Gasteiger partial charge in [0.2, 0.25) is 0 Å². The van der Waals surface area contributed by atoms with Gasteiger partial charge in [0.15, 0.2) is 4.80 Å². The minimum Gasteiger partial charge on any atom is -0.319 e. The summed E-state index contributed by atoms with van der Waals surface area (Å²) in [6.07, 6.45) is 2.82. The summed E-state index contributed by atoms with van der Waals surface area (Å²) >= 11 is 8.34. The number of fused-ring (bicyclic) bond motifs is 1. The van der Waals surface area contributed by atoms with E-state index in [4.69, 9.17) is 11.6 Å². The van der Waals surface area contributed by atoms with Crippen LogP contribution in [0.4, 0.5) is 5.00 Å². The highest BCUT2D eigenvalue weighted by atomic mass is 35.5. The monoisotopic (exact) mass is 379 g/mol. The molecule has 0 aliphatic rings. The first-order valence-electron chi connectivity index (χ1n) is 6.70. The molecular weight excluding hydrogens is 370 g/mol. The summed E-state index contributed by atoms with van der Waals surface area (Å²) in [7, 11) is 1.82. The van der Waals surface area contributed by atoms with Gasteiger partial charge in [0.25, 0.3) is 5.91 Å². The Kier molecular flexibility index (Phi) is 4.61. The number of amides is 1. The maximum atomic E-state index is 12.0. The minimum absolute atomic E-state index is 0.0341. The first kappa shape index (κ1) is 16.6. The van der Waals surface area contributed by atoms with Crippen molar-refractivity contribution >= 4 is 61.5 Å². The fourth-order valence-electron chi connectivity index (χ4n) is 2.03. The van der Waals surface area contributed by atoms with Gasteiger partial charge >= 0.3 is 5.00 Å². The van der Waals surface area contributed by atoms with Gasteiger partial charge < -0.3 is 4.57 Å². The average molecular weight is 380 g/mol. The Bertz CT molecular complexity index is 1050. The van der Waals surface area contributed by atoms with E-state index in [0.717, 1.165) is 21.6 Å². The van der Waals surface area contributed by atoms with E-state index < -0.39 is 10.8 Å². The normalized spacial score (nSPS) is 12.3. The SMILES string of the molecule is Cn1c(=NC(=O)C=Cc2ccc([N+](=O)[O-])s2)sc2cc(Cl)ccc21. The molecule has 24 heavy (non-hydrogen) atoms. The Balaban J connectivity index is 1.87. The van der Waals surface area contributed by atoms with Crippen LogP contribution < -0.4 is 4.80 Å². The maximum absolute atomic E-state index is 12.0. The topological polar surface area (TPSA) is 77.5 Å². The Morgan fingerprint density at radius 3 is 2.83 bits per heavy atom. The molecule has 0 fully saturated rings. The molecule has 0 atom stereocenters. The molecule has 3 aromatic rings. The third-order valence-electron chi connectivity index (χ3n) is 3.16. The average Bonchev–Trinajstić information content (AvgIpc) is 3.11. The number of hydrogen-bond donors (Lipinski definition) is 0. The zero-order valence-corrected chi connectivity index (χ0v) is 14.7. The largest absolute Gasteiger partial charge is 0.324 e. The molecule has 122 valence electrons. The summed E-state index contributed by atoms with van der Waals surface area (Å²) in [5, 5.41) is 11.3. The van der Waals surface area contributed by atoms with E-state index >= 15 is 0 Å². The second-order valence-corrected chi connectivity index (χ2v) is 7.31. The van der Waals surface area contributed by atoms with E-state index in [9.17, 15) is 14.9 Å². The van der Waals surface area contributed by atoms with Crippen LogP contribution >= 0.6 is 34.3 Å². The molecule has 0 bridgehead atoms. The molecule has 0 aliphatic carbocycles. The molecule has 3 rings (SSSR count). The van der Waals surface area contributed by atoms with E-state index in [-0.39, 0.29) is 5.00 Å². The first-order chi connectivity index (χ1) is 11.4. The number of thiazole rings is 1. The first-order valence-corrected chi connectivity index (χ1v) is 8.71. The fraction of sp³-hybridized carbons (Fsp3) is 0.0667. The molecule has 0 aliphatic heterocycles. The lowest BCUT2D eigenvalue weighted by Gasteiger charge is -1.94. The molecule has 6 nitrogen and oxygen atoms in total. The highest BCUT2D eigenvalue weighted by Crippen LogP contribution is 2.25. The van der Waals surface area contributed by atoms with Crippen LogP contribution in [0.5, 0.6) is 0 Å². The number of carbonyl (C=O) groups excluding carboxylic acids is 1. The molecule has 2 aromatic heterocycles. The smallest absolute Gasteiger partial charge is 0.319 e. The molecule has 1 aromatic carbocycles. The van der Waals surface area contributed by atoms with Crippen LogP contribution in [0, 0.1) is 10.1 Å². The molecule has 9 heteroatoms. The molecule has 0 saturated heterocycles. The lowest BCUT2D eigenvalue weighted by molar-refractivity contribution is -0.380. The van der Waals surface area contributed by atoms with E-state index in [0.29, 0.717) is 14.7 Å². The minimum atomic E-state index is -0.462. The highest BCUT2D eigenvalue weighted by molar-refractivity contribution is 7.16. The van der Waals surface area contributed by atoms with Crippen LogP contribution in [0.1, 0.15) is 4.88 Å². The van der Waals surface area contributed by atoms with Crippen LogP contribution in [0.3, 0.4) is 0 Å². The summed E-state index contributed by atoms with van der Waals surface area (Å²) in [5.74, 6) is -0.431. The zero-order valence-electron chi connectivity index (χ0n) is 12.3. The zero-order chi connectivity index (χ0) is 17.3. The number of aryl methyl sites for hydroxylation is 1. The molecule has 0 spiro atoms. The van der Waals surface area contributed by atoms with Gasteiger partial charge in [0, 0.05) is 29.1 Å². The van der Waals surface area contributed by atoms with Gasteiger partial charge in [-0.2, -0.15) is 4.99 Å². The van der Waals surface area contributed by atoms with E-state index in [1.165, 1.54) is 29.6 Å². The molecule has 0 unspecified atom stereocenters. The number of aromatic nitrogens is 1. The lowest BCUT2D eigenvalue weighted by atomic mass is 10.3. The molecule has 1 amide bonds. The van der Waals surface area contributed by atoms with E-state index in [2.05, 4.69) is 4.99 Å². The van der Waals surface area contributed by atoms with Crippen molar-refractivity contribution in [3.05, 3.63) is 61.2 Å². The molecule has 0 saturated carbocycles. The summed E-state index contributed by atoms with van der Waals surface area (Å²) < 4.78 is 2.76. The van der Waals surface area contributed by atoms with Gasteiger partial charge in [-0.05, 0) is 30.3 Å². The predicted octanol–water partition coefficient (Wildman–Crippen LogP) is 4.00. The summed E-state index contributed by atoms with van der Waals surface area (Å²) in [6, 6.07) is 8.48. The van der Waals surface area contributed by atoms with Gasteiger partial charge in [0.05, 0.1) is 15.1 Å². The van der Waals surface area contributed by atoms with Crippen molar-refractivity contribution in [2.45, 2.75) is 0 Å². The van der Waals surface area contributed by atoms with Crippen LogP contribution in [-0.4, -0.2) is 15.4 Å². The second kappa shape index (κ2) is 6.68. The van der Waals surface area contributed by atoms with Crippen molar-refractivity contribution in [2.24, 2.45) is 12.0 Å². The summed E-state index contributed by atoms with van der Waals surface area (Å²) in [4.78, 5) is 27.4. The Morgan fingerprint density at radius 2 is 2.12 bits per heavy atom. The number of halogens is 1. The predicted molar refractivity (Wildman–Crippen MR) is 96.4 cm³/mol. The van der Waals surface area contributed by atoms with E-state index in [1.807, 2.05) is 23.7 Å². The van der Waals surface area contributed by atoms with Crippen molar-refractivity contribution in [3.63, 3.8) is 0 Å². The molecule has 0 radical (unpaired) electrons. The lowest BCUT2D eigenvalue weighted by Crippen LogP contribution is -2.12. The standard InChI is InChI=1S/C15H10ClN3O3S2/c1-18-11-5-2-9(16)8-12(11)24-15(18)17-13(20)6-3-10-4-7-14(23-10)19(21)22/h2-8H,1H3. The number of carbonyl (C=O) groups is 1. The summed E-state index contributed by atoms with van der Waals surface area (Å²) in [6.45, 7) is 0. The molecule has 0 N–H and O–H groups in total. The Morgan fingerprint density at radius 1 is 1.33 bits per heavy atom. The van der Waals surface area contributed by atoms with Crippen molar-refractivity contribution < 1.29 is 9.72 Å². The van der Waals surface area contributed by atoms with Crippen LogP contribution in [0.25, 0.3) is 16.3 Å². The maximum Gasteiger partial charge on any atom is 0.324 e. The number of thiophene rings is 1. The number of benzene rings is 1. The van der Waals surface area contributed by atoms with E-state index in [1.54, 1.807) is 12.1 Å². The quantitative estimate of drug-likeness (QED) is 0.392. The van der Waals surface area contributed by atoms with Crippen LogP contribution in [0.15, 0.2) is 41.4 Å². The second-order valence-electron chi connectivity index (χ2n) is 4.77. The Labute approximate surface area is 149 Å². The van der Waals surface area contributed by atoms with Crippen molar-refractivity contribution in [1.29, 1.82) is 0 Å². The van der Waals surface area contributed by atoms with Gasteiger partial charge in [-0.3, -0.25) is 14.9 Å². The number of nitro groups is 1. The number of hydrogen-bond acceptors (Lipinski definition) is 5. The molecule has 2 heterocycles. The highest BCUT2D eigenvalue weighted by Gasteiger charge is 2.08. The third kappa shape index (κ3) is 3.45. The van der Waals surface area contributed by atoms with Gasteiger partial charge in [-0.25, -0.2) is 0 Å². The van der Waals surface area contributed by atoms with Crippen LogP contribution in [-0.2, 0) is 11.8 Å². The summed E-state index contributed by atoms with van der Waals surface area (Å²) in [5.41, 5.74) is 0.939. The fourth-order valence-corrected chi connectivity index (χ4v) is 4.05. The Hall–Kier alpha value is -2.29. The number of rotatable bonds is 3.